The van der Waals surface area contributed by atoms with E-state index in [4.69, 9.17) is 13.2 Å². The van der Waals surface area contributed by atoms with Crippen LogP contribution < -0.4 is 16.4 Å². The van der Waals surface area contributed by atoms with E-state index in [-0.39, 0.29) is 41.6 Å². The molecule has 4 rings (SSSR count). The molecule has 0 unspecified atom stereocenters. The molecule has 3 amide bonds. The van der Waals surface area contributed by atoms with E-state index in [2.05, 4.69) is 10.6 Å². The van der Waals surface area contributed by atoms with Crippen molar-refractivity contribution in [3.05, 3.63) is 45.5 Å². The second kappa shape index (κ2) is 10.1. The fourth-order valence-corrected chi connectivity index (χ4v) is 6.03. The molecule has 39 heavy (non-hydrogen) atoms. The number of aliphatic hydroxyl groups is 3. The number of carbonyl (C=O) groups excluding carboxylic acids is 3. The quantitative estimate of drug-likeness (QED) is 0.247. The van der Waals surface area contributed by atoms with Crippen LogP contribution in [0.3, 0.4) is 0 Å². The molecular formula is C26H31BFN4O7. The van der Waals surface area contributed by atoms with E-state index in [0.717, 1.165) is 6.07 Å². The first-order valence-electron chi connectivity index (χ1n) is 12.5. The van der Waals surface area contributed by atoms with Gasteiger partial charge < -0.3 is 0 Å². The first-order valence-corrected chi connectivity index (χ1v) is 12.5. The van der Waals surface area contributed by atoms with Gasteiger partial charge in [0.25, 0.3) is 0 Å². The van der Waals surface area contributed by atoms with Crippen molar-refractivity contribution in [3.63, 3.8) is 0 Å². The van der Waals surface area contributed by atoms with Crippen molar-refractivity contribution in [3.8, 4) is 5.75 Å². The molecule has 4 atom stereocenters. The molecule has 0 saturated heterocycles. The van der Waals surface area contributed by atoms with E-state index in [9.17, 15) is 34.8 Å². The van der Waals surface area contributed by atoms with Crippen molar-refractivity contribution in [2.24, 2.45) is 17.6 Å². The molecule has 1 aromatic carbocycles. The van der Waals surface area contributed by atoms with Gasteiger partial charge in [-0.2, -0.15) is 0 Å². The summed E-state index contributed by atoms with van der Waals surface area (Å²) < 4.78 is 15.3. The molecule has 3 aliphatic rings. The number of rotatable bonds is 6. The van der Waals surface area contributed by atoms with Gasteiger partial charge in [-0.05, 0) is 6.42 Å². The number of ketones is 1. The average Bonchev–Trinajstić information content (AvgIpc) is 2.85. The third-order valence-corrected chi connectivity index (χ3v) is 7.82. The normalized spacial score (nSPS) is 26.2. The van der Waals surface area contributed by atoms with Crippen LogP contribution in [0.1, 0.15) is 36.5 Å². The van der Waals surface area contributed by atoms with Gasteiger partial charge in [-0.1, -0.05) is 6.92 Å². The number of urea groups is 1. The van der Waals surface area contributed by atoms with E-state index < -0.39 is 75.3 Å². The second-order valence-corrected chi connectivity index (χ2v) is 10.4. The Morgan fingerprint density at radius 1 is 1.26 bits per heavy atom. The van der Waals surface area contributed by atoms with Gasteiger partial charge in [0, 0.05) is 6.54 Å². The molecule has 0 heterocycles. The SMILES string of the molecule is [B]=C1C(C(N)=O)=C(O)[C@@H](N(C)C)[C@@H]2C[C@@H]3Cc4c(F)cc(CNC(=O)NCCC)c(O)c4C(O)=C3C(=O)[C@]12O. The number of aliphatic hydroxyl groups excluding tert-OH is 2. The van der Waals surface area contributed by atoms with Gasteiger partial charge in [-0.25, -0.2) is 0 Å². The van der Waals surface area contributed by atoms with E-state index in [0.29, 0.717) is 13.0 Å². The van der Waals surface area contributed by atoms with Gasteiger partial charge in [0.2, 0.25) is 0 Å². The molecule has 0 spiro atoms. The summed E-state index contributed by atoms with van der Waals surface area (Å²) >= 11 is 0. The predicted molar refractivity (Wildman–Crippen MR) is 140 cm³/mol. The van der Waals surface area contributed by atoms with Crippen LogP contribution in [0.4, 0.5) is 9.18 Å². The molecule has 8 N–H and O–H groups in total. The number of Topliss-reactive ketones (excluding diaryl/α,β-unsaturated/α-hetero) is 1. The number of nitrogens with one attached hydrogen (secondary N) is 2. The van der Waals surface area contributed by atoms with Crippen LogP contribution in [0.2, 0.25) is 0 Å². The summed E-state index contributed by atoms with van der Waals surface area (Å²) in [4.78, 5) is 39.5. The molecule has 0 aliphatic heterocycles. The van der Waals surface area contributed by atoms with Crippen molar-refractivity contribution >= 4 is 36.4 Å². The van der Waals surface area contributed by atoms with Gasteiger partial charge >= 0.3 is 205 Å². The maximum atomic E-state index is 15.3. The number of hydrogen-bond donors (Lipinski definition) is 7. The number of nitrogens with two attached hydrogens (primary N) is 1. The minimum absolute atomic E-state index is 0.0260. The topological polar surface area (TPSA) is 185 Å². The molecule has 1 saturated carbocycles. The van der Waals surface area contributed by atoms with Crippen molar-refractivity contribution in [1.29, 1.82) is 0 Å². The van der Waals surface area contributed by atoms with E-state index in [1.54, 1.807) is 14.1 Å². The molecule has 0 aromatic heterocycles. The summed E-state index contributed by atoms with van der Waals surface area (Å²) in [6, 6.07) is -0.520. The number of carbonyl (C=O) groups is 3. The van der Waals surface area contributed by atoms with Crippen LogP contribution in [-0.4, -0.2) is 88.3 Å². The Hall–Kier alpha value is -3.71. The minimum atomic E-state index is -2.52. The third-order valence-electron chi connectivity index (χ3n) is 7.82. The fourth-order valence-electron chi connectivity index (χ4n) is 6.03. The van der Waals surface area contributed by atoms with Crippen LogP contribution >= 0.6 is 0 Å². The maximum absolute atomic E-state index is 15.3. The Kier molecular flexibility index (Phi) is 7.34. The zero-order valence-corrected chi connectivity index (χ0v) is 21.8. The number of primary amides is 1. The first kappa shape index (κ1) is 28.3. The first-order chi connectivity index (χ1) is 18.3. The van der Waals surface area contributed by atoms with Gasteiger partial charge in [0.15, 0.2) is 0 Å². The van der Waals surface area contributed by atoms with Crippen LogP contribution in [0.15, 0.2) is 23.0 Å². The number of aromatic hydroxyl groups is 1. The number of hydrogen-bond acceptors (Lipinski definition) is 8. The number of amides is 3. The molecule has 1 radical (unpaired) electrons. The van der Waals surface area contributed by atoms with Crippen molar-refractivity contribution in [2.45, 2.75) is 44.4 Å². The van der Waals surface area contributed by atoms with Crippen LogP contribution in [0.25, 0.3) is 5.76 Å². The molecule has 3 aliphatic carbocycles. The van der Waals surface area contributed by atoms with Crippen molar-refractivity contribution in [2.75, 3.05) is 20.6 Å². The summed E-state index contributed by atoms with van der Waals surface area (Å²) in [7, 11) is 9.24. The van der Waals surface area contributed by atoms with Crippen molar-refractivity contribution in [1.82, 2.24) is 15.5 Å². The van der Waals surface area contributed by atoms with Crippen LogP contribution in [0, 0.1) is 17.7 Å². The number of likely N-dealkylation sites (N-methyl/N-ethyl adjacent to an activating group) is 1. The Bertz CT molecular complexity index is 1360. The second-order valence-electron chi connectivity index (χ2n) is 10.4. The van der Waals surface area contributed by atoms with Gasteiger partial charge in [-0.15, -0.1) is 0 Å². The summed E-state index contributed by atoms with van der Waals surface area (Å²) in [6.07, 6.45) is 0.565. The fraction of sp³-hybridized carbons (Fsp3) is 0.462. The summed E-state index contributed by atoms with van der Waals surface area (Å²) in [5.41, 5.74) is 0.986. The Morgan fingerprint density at radius 2 is 1.92 bits per heavy atom. The Labute approximate surface area is 225 Å². The number of halogens is 1. The average molecular weight is 541 g/mol. The van der Waals surface area contributed by atoms with Gasteiger partial charge in [0.1, 0.15) is 0 Å². The molecule has 13 heteroatoms. The number of benzene rings is 1. The Balaban J connectivity index is 1.81. The molecule has 0 bridgehead atoms. The molecular weight excluding hydrogens is 510 g/mol. The number of nitrogens with zero attached hydrogens (tertiary/aromatic N) is 1. The number of phenolic OH excluding ortho intramolecular Hbond substituents is 1. The summed E-state index contributed by atoms with van der Waals surface area (Å²) in [5.74, 6) is -6.57. The van der Waals surface area contributed by atoms with Crippen LogP contribution in [-0.2, 0) is 22.6 Å². The molecule has 11 nitrogen and oxygen atoms in total. The third kappa shape index (κ3) is 4.29. The molecule has 1 aromatic rings. The monoisotopic (exact) mass is 541 g/mol. The van der Waals surface area contributed by atoms with E-state index >= 15 is 4.39 Å². The van der Waals surface area contributed by atoms with Gasteiger partial charge in [0.05, 0.1) is 0 Å². The van der Waals surface area contributed by atoms with E-state index in [1.165, 1.54) is 4.90 Å². The van der Waals surface area contributed by atoms with Crippen molar-refractivity contribution < 1.29 is 39.2 Å². The zero-order chi connectivity index (χ0) is 29.0. The van der Waals surface area contributed by atoms with Gasteiger partial charge in [-0.3, -0.25) is 0 Å². The number of fused-ring (bicyclic) bond motifs is 3. The predicted octanol–water partition coefficient (Wildman–Crippen LogP) is 0.0841. The zero-order valence-electron chi connectivity index (χ0n) is 21.8. The molecule has 207 valence electrons. The van der Waals surface area contributed by atoms with Crippen LogP contribution in [0.5, 0.6) is 5.75 Å². The Morgan fingerprint density at radius 3 is 2.51 bits per heavy atom. The number of phenols is 1. The summed E-state index contributed by atoms with van der Waals surface area (Å²) in [5, 5.41) is 49.9. The standard InChI is InChI=1S/C26H31BFN4O7/c1-4-5-30-25(38)31-9-11-8-14(28)12-6-10-7-13-18(32(2)3)21(35)17(24(29)37)22(27)26(13,39)23(36)15(10)20(34)16(12)19(11)33/h8,10,13,18,33-35,39H,4-7,9H2,1-3H3,(H2,29,37)(H2,30,31,38)/t10-,13-,18-,26+/m0/s1. The molecule has 1 fully saturated rings. The van der Waals surface area contributed by atoms with E-state index in [1.807, 2.05) is 6.92 Å². The summed E-state index contributed by atoms with van der Waals surface area (Å²) in [6.45, 7) is 2.01.